The molecule has 3 heterocycles. The number of rotatable bonds is 3. The van der Waals surface area contributed by atoms with Gasteiger partial charge in [0.05, 0.1) is 11.0 Å². The van der Waals surface area contributed by atoms with E-state index in [2.05, 4.69) is 33.6 Å². The van der Waals surface area contributed by atoms with Crippen LogP contribution in [0.4, 0.5) is 0 Å². The summed E-state index contributed by atoms with van der Waals surface area (Å²) in [4.78, 5) is 30.0. The number of pyridine rings is 2. The first kappa shape index (κ1) is 14.1. The van der Waals surface area contributed by atoms with Crippen LogP contribution in [0.1, 0.15) is 30.4 Å². The van der Waals surface area contributed by atoms with Crippen LogP contribution in [0, 0.1) is 4.91 Å². The van der Waals surface area contributed by atoms with Gasteiger partial charge >= 0.3 is 5.91 Å². The SMILES string of the molecule is CC(C)n1ccc2ncc(-c3ccnc(C(=O)N=O)c3)cc21. The van der Waals surface area contributed by atoms with Crippen LogP contribution < -0.4 is 0 Å². The number of nitrogens with zero attached hydrogens (tertiary/aromatic N) is 4. The lowest BCUT2D eigenvalue weighted by atomic mass is 10.1. The smallest absolute Gasteiger partial charge is 0.335 e. The lowest BCUT2D eigenvalue weighted by Gasteiger charge is -2.10. The molecule has 0 atom stereocenters. The van der Waals surface area contributed by atoms with E-state index in [1.165, 1.54) is 6.20 Å². The molecular weight excluding hydrogens is 280 g/mol. The second-order valence-corrected chi connectivity index (χ2v) is 5.27. The summed E-state index contributed by atoms with van der Waals surface area (Å²) in [6.07, 6.45) is 5.23. The highest BCUT2D eigenvalue weighted by atomic mass is 16.3. The molecule has 1 amide bonds. The molecule has 0 aliphatic rings. The zero-order valence-electron chi connectivity index (χ0n) is 12.2. The molecule has 110 valence electrons. The minimum absolute atomic E-state index is 0.0341. The first-order valence-corrected chi connectivity index (χ1v) is 6.91. The number of aromatic nitrogens is 3. The Hall–Kier alpha value is -2.89. The van der Waals surface area contributed by atoms with Crippen molar-refractivity contribution in [1.82, 2.24) is 14.5 Å². The summed E-state index contributed by atoms with van der Waals surface area (Å²) in [5, 5.41) is 2.40. The van der Waals surface area contributed by atoms with Gasteiger partial charge in [-0.15, -0.1) is 4.91 Å². The van der Waals surface area contributed by atoms with Crippen LogP contribution in [-0.4, -0.2) is 20.4 Å². The van der Waals surface area contributed by atoms with Crippen LogP contribution in [-0.2, 0) is 0 Å². The molecule has 0 saturated heterocycles. The van der Waals surface area contributed by atoms with Crippen LogP contribution in [0.15, 0.2) is 48.0 Å². The molecule has 3 rings (SSSR count). The Morgan fingerprint density at radius 3 is 2.73 bits per heavy atom. The highest BCUT2D eigenvalue weighted by molar-refractivity contribution is 5.94. The van der Waals surface area contributed by atoms with E-state index in [0.717, 1.165) is 22.2 Å². The van der Waals surface area contributed by atoms with E-state index in [9.17, 15) is 9.70 Å². The number of carbonyl (C=O) groups is 1. The van der Waals surface area contributed by atoms with E-state index < -0.39 is 5.91 Å². The van der Waals surface area contributed by atoms with Crippen LogP contribution in [0.3, 0.4) is 0 Å². The maximum atomic E-state index is 11.4. The highest BCUT2D eigenvalue weighted by Gasteiger charge is 2.11. The number of amides is 1. The predicted octanol–water partition coefficient (Wildman–Crippen LogP) is 3.59. The zero-order valence-corrected chi connectivity index (χ0v) is 12.2. The van der Waals surface area contributed by atoms with E-state index in [0.29, 0.717) is 6.04 Å². The molecule has 0 fully saturated rings. The van der Waals surface area contributed by atoms with Crippen molar-refractivity contribution in [1.29, 1.82) is 0 Å². The third-order valence-corrected chi connectivity index (χ3v) is 3.52. The van der Waals surface area contributed by atoms with Gasteiger partial charge in [0, 0.05) is 35.4 Å². The monoisotopic (exact) mass is 294 g/mol. The molecule has 3 aromatic heterocycles. The maximum absolute atomic E-state index is 11.4. The van der Waals surface area contributed by atoms with Gasteiger partial charge in [-0.05, 0) is 43.7 Å². The van der Waals surface area contributed by atoms with E-state index in [1.54, 1.807) is 18.3 Å². The lowest BCUT2D eigenvalue weighted by molar-refractivity contribution is 0.0996. The van der Waals surface area contributed by atoms with Gasteiger partial charge in [0.2, 0.25) is 0 Å². The average molecular weight is 294 g/mol. The summed E-state index contributed by atoms with van der Waals surface area (Å²) in [5.74, 6) is -0.874. The van der Waals surface area contributed by atoms with Gasteiger partial charge in [0.15, 0.2) is 0 Å². The molecule has 0 aromatic carbocycles. The summed E-state index contributed by atoms with van der Waals surface area (Å²) < 4.78 is 2.13. The minimum Gasteiger partial charge on any atom is -0.344 e. The number of fused-ring (bicyclic) bond motifs is 1. The Balaban J connectivity index is 2.12. The standard InChI is InChI=1S/C16H14N4O2/c1-10(2)20-6-4-13-15(20)8-12(9-18-13)11-3-5-17-14(7-11)16(21)19-22/h3-10H,1-2H3. The van der Waals surface area contributed by atoms with E-state index in [-0.39, 0.29) is 5.69 Å². The van der Waals surface area contributed by atoms with Gasteiger partial charge in [0.1, 0.15) is 5.69 Å². The van der Waals surface area contributed by atoms with Crippen LogP contribution in [0.5, 0.6) is 0 Å². The topological polar surface area (TPSA) is 77.2 Å². The fraction of sp³-hybridized carbons (Fsp3) is 0.188. The largest absolute Gasteiger partial charge is 0.344 e. The van der Waals surface area contributed by atoms with Gasteiger partial charge in [-0.3, -0.25) is 14.8 Å². The lowest BCUT2D eigenvalue weighted by Crippen LogP contribution is -1.99. The van der Waals surface area contributed by atoms with Crippen LogP contribution in [0.2, 0.25) is 0 Å². The Morgan fingerprint density at radius 1 is 1.18 bits per heavy atom. The zero-order chi connectivity index (χ0) is 15.7. The highest BCUT2D eigenvalue weighted by Crippen LogP contribution is 2.25. The molecular formula is C16H14N4O2. The van der Waals surface area contributed by atoms with Gasteiger partial charge in [-0.1, -0.05) is 0 Å². The van der Waals surface area contributed by atoms with Gasteiger partial charge in [-0.2, -0.15) is 0 Å². The molecule has 0 saturated carbocycles. The number of hydrogen-bond donors (Lipinski definition) is 0. The predicted molar refractivity (Wildman–Crippen MR) is 83.5 cm³/mol. The Bertz CT molecular complexity index is 867. The van der Waals surface area contributed by atoms with Crippen molar-refractivity contribution in [3.63, 3.8) is 0 Å². The quantitative estimate of drug-likeness (QED) is 0.692. The molecule has 0 unspecified atom stereocenters. The van der Waals surface area contributed by atoms with Crippen molar-refractivity contribution in [3.05, 3.63) is 53.5 Å². The van der Waals surface area contributed by atoms with E-state index in [4.69, 9.17) is 0 Å². The Labute approximate surface area is 126 Å². The van der Waals surface area contributed by atoms with Gasteiger partial charge in [0.25, 0.3) is 0 Å². The van der Waals surface area contributed by atoms with Crippen molar-refractivity contribution >= 4 is 16.9 Å². The average Bonchev–Trinajstić information content (AvgIpc) is 2.97. The summed E-state index contributed by atoms with van der Waals surface area (Å²) >= 11 is 0. The molecule has 6 heteroatoms. The first-order valence-electron chi connectivity index (χ1n) is 6.91. The molecule has 0 spiro atoms. The van der Waals surface area contributed by atoms with Crippen molar-refractivity contribution in [2.75, 3.05) is 0 Å². The maximum Gasteiger partial charge on any atom is 0.335 e. The number of nitroso groups, excluding NO2 is 1. The third-order valence-electron chi connectivity index (χ3n) is 3.52. The van der Waals surface area contributed by atoms with E-state index >= 15 is 0 Å². The molecule has 3 aromatic rings. The number of carbonyl (C=O) groups excluding carboxylic acids is 1. The van der Waals surface area contributed by atoms with Crippen molar-refractivity contribution in [2.45, 2.75) is 19.9 Å². The van der Waals surface area contributed by atoms with Gasteiger partial charge < -0.3 is 4.57 Å². The van der Waals surface area contributed by atoms with Gasteiger partial charge in [-0.25, -0.2) is 0 Å². The fourth-order valence-electron chi connectivity index (χ4n) is 2.41. The van der Waals surface area contributed by atoms with Crippen molar-refractivity contribution in [2.24, 2.45) is 5.18 Å². The van der Waals surface area contributed by atoms with E-state index in [1.807, 2.05) is 18.3 Å². The second-order valence-electron chi connectivity index (χ2n) is 5.27. The number of hydrogen-bond acceptors (Lipinski definition) is 4. The minimum atomic E-state index is -0.874. The summed E-state index contributed by atoms with van der Waals surface area (Å²) in [5.41, 5.74) is 3.60. The molecule has 0 N–H and O–H groups in total. The van der Waals surface area contributed by atoms with Crippen molar-refractivity contribution in [3.8, 4) is 11.1 Å². The summed E-state index contributed by atoms with van der Waals surface area (Å²) in [6, 6.07) is 7.63. The molecule has 22 heavy (non-hydrogen) atoms. The second kappa shape index (κ2) is 5.48. The molecule has 6 nitrogen and oxygen atoms in total. The van der Waals surface area contributed by atoms with Crippen LogP contribution >= 0.6 is 0 Å². The molecule has 0 aliphatic heterocycles. The Kier molecular flexibility index (Phi) is 3.50. The molecule has 0 aliphatic carbocycles. The summed E-state index contributed by atoms with van der Waals surface area (Å²) in [7, 11) is 0. The Morgan fingerprint density at radius 2 is 2.00 bits per heavy atom. The molecule has 0 radical (unpaired) electrons. The molecule has 0 bridgehead atoms. The fourth-order valence-corrected chi connectivity index (χ4v) is 2.41. The summed E-state index contributed by atoms with van der Waals surface area (Å²) in [6.45, 7) is 4.20. The normalized spacial score (nSPS) is 11.0. The van der Waals surface area contributed by atoms with Crippen LogP contribution in [0.25, 0.3) is 22.2 Å². The van der Waals surface area contributed by atoms with Crippen molar-refractivity contribution < 1.29 is 4.79 Å². The third kappa shape index (κ3) is 2.39. The first-order chi connectivity index (χ1) is 10.6.